The average molecular weight is 367 g/mol. The average Bonchev–Trinajstić information content (AvgIpc) is 2.67. The van der Waals surface area contributed by atoms with Gasteiger partial charge in [0, 0.05) is 12.5 Å². The van der Waals surface area contributed by atoms with E-state index in [2.05, 4.69) is 10.6 Å². The molecule has 0 saturated carbocycles. The summed E-state index contributed by atoms with van der Waals surface area (Å²) in [5, 5.41) is 5.82. The number of ether oxygens (including phenoxy) is 1. The van der Waals surface area contributed by atoms with E-state index in [1.165, 1.54) is 0 Å². The predicted molar refractivity (Wildman–Crippen MR) is 104 cm³/mol. The van der Waals surface area contributed by atoms with Gasteiger partial charge in [0.15, 0.2) is 6.10 Å². The van der Waals surface area contributed by atoms with Gasteiger partial charge in [-0.1, -0.05) is 43.3 Å². The standard InChI is InChI=1S/C21H25N3O3/c1-3-18-21(26)24-17-10-9-15(11-19(17)27-18)13(2)23-20(25)12-16(22)14-7-5-4-6-8-14/h4-11,13,16,18H,3,12,22H2,1-2H3,(H,23,25)(H,24,26). The van der Waals surface area contributed by atoms with Crippen LogP contribution in [-0.4, -0.2) is 17.9 Å². The van der Waals surface area contributed by atoms with Gasteiger partial charge >= 0.3 is 0 Å². The fraction of sp³-hybridized carbons (Fsp3) is 0.333. The first-order valence-corrected chi connectivity index (χ1v) is 9.19. The molecule has 27 heavy (non-hydrogen) atoms. The molecule has 1 heterocycles. The molecule has 2 amide bonds. The highest BCUT2D eigenvalue weighted by molar-refractivity contribution is 5.97. The molecule has 0 saturated heterocycles. The lowest BCUT2D eigenvalue weighted by atomic mass is 10.0. The quantitative estimate of drug-likeness (QED) is 0.731. The number of carbonyl (C=O) groups excluding carboxylic acids is 2. The van der Waals surface area contributed by atoms with Crippen molar-refractivity contribution in [3.8, 4) is 5.75 Å². The molecule has 6 nitrogen and oxygen atoms in total. The summed E-state index contributed by atoms with van der Waals surface area (Å²) in [4.78, 5) is 24.2. The molecule has 1 aliphatic heterocycles. The van der Waals surface area contributed by atoms with E-state index in [0.717, 1.165) is 11.1 Å². The predicted octanol–water partition coefficient (Wildman–Crippen LogP) is 3.06. The molecule has 4 N–H and O–H groups in total. The molecule has 6 heteroatoms. The Labute approximate surface area is 159 Å². The molecule has 3 rings (SSSR count). The van der Waals surface area contributed by atoms with E-state index in [-0.39, 0.29) is 30.3 Å². The molecule has 0 fully saturated rings. The number of amides is 2. The normalized spacial score (nSPS) is 17.9. The van der Waals surface area contributed by atoms with Crippen molar-refractivity contribution in [1.29, 1.82) is 0 Å². The first-order valence-electron chi connectivity index (χ1n) is 9.19. The van der Waals surface area contributed by atoms with E-state index >= 15 is 0 Å². The van der Waals surface area contributed by atoms with Crippen LogP contribution in [0.5, 0.6) is 5.75 Å². The van der Waals surface area contributed by atoms with Gasteiger partial charge in [-0.3, -0.25) is 9.59 Å². The number of hydrogen-bond acceptors (Lipinski definition) is 4. The van der Waals surface area contributed by atoms with Crippen molar-refractivity contribution in [2.24, 2.45) is 5.73 Å². The summed E-state index contributed by atoms with van der Waals surface area (Å²) in [6.07, 6.45) is 0.324. The summed E-state index contributed by atoms with van der Waals surface area (Å²) < 4.78 is 5.77. The molecule has 0 aromatic heterocycles. The monoisotopic (exact) mass is 367 g/mol. The summed E-state index contributed by atoms with van der Waals surface area (Å²) in [6.45, 7) is 3.81. The van der Waals surface area contributed by atoms with E-state index in [1.807, 2.05) is 56.3 Å². The lowest BCUT2D eigenvalue weighted by Gasteiger charge is -2.26. The number of fused-ring (bicyclic) bond motifs is 1. The molecule has 3 unspecified atom stereocenters. The summed E-state index contributed by atoms with van der Waals surface area (Å²) in [7, 11) is 0. The van der Waals surface area contributed by atoms with Crippen LogP contribution in [0.25, 0.3) is 0 Å². The molecule has 142 valence electrons. The Balaban J connectivity index is 1.63. The molecule has 0 radical (unpaired) electrons. The van der Waals surface area contributed by atoms with Crippen molar-refractivity contribution >= 4 is 17.5 Å². The van der Waals surface area contributed by atoms with Crippen LogP contribution < -0.4 is 21.1 Å². The van der Waals surface area contributed by atoms with Gasteiger partial charge in [0.25, 0.3) is 5.91 Å². The Morgan fingerprint density at radius 2 is 1.96 bits per heavy atom. The summed E-state index contributed by atoms with van der Waals surface area (Å²) >= 11 is 0. The van der Waals surface area contributed by atoms with Gasteiger partial charge in [-0.05, 0) is 36.6 Å². The molecule has 0 aliphatic carbocycles. The molecule has 0 bridgehead atoms. The van der Waals surface area contributed by atoms with Gasteiger partial charge in [-0.15, -0.1) is 0 Å². The molecular formula is C21H25N3O3. The first-order chi connectivity index (χ1) is 13.0. The van der Waals surface area contributed by atoms with Gasteiger partial charge in [0.2, 0.25) is 5.91 Å². The van der Waals surface area contributed by atoms with Crippen LogP contribution in [0.1, 0.15) is 49.9 Å². The Morgan fingerprint density at radius 1 is 1.22 bits per heavy atom. The van der Waals surface area contributed by atoms with Crippen LogP contribution >= 0.6 is 0 Å². The number of anilines is 1. The minimum absolute atomic E-state index is 0.114. The van der Waals surface area contributed by atoms with Gasteiger partial charge in [-0.25, -0.2) is 0 Å². The highest BCUT2D eigenvalue weighted by Gasteiger charge is 2.26. The highest BCUT2D eigenvalue weighted by atomic mass is 16.5. The third-order valence-corrected chi connectivity index (χ3v) is 4.71. The summed E-state index contributed by atoms with van der Waals surface area (Å²) in [5.74, 6) is 0.382. The molecule has 1 aliphatic rings. The number of benzene rings is 2. The summed E-state index contributed by atoms with van der Waals surface area (Å²) in [5.41, 5.74) is 8.61. The van der Waals surface area contributed by atoms with Gasteiger partial charge in [0.1, 0.15) is 5.75 Å². The lowest BCUT2D eigenvalue weighted by molar-refractivity contribution is -0.123. The highest BCUT2D eigenvalue weighted by Crippen LogP contribution is 2.33. The van der Waals surface area contributed by atoms with E-state index in [0.29, 0.717) is 17.9 Å². The number of nitrogens with one attached hydrogen (secondary N) is 2. The van der Waals surface area contributed by atoms with Crippen molar-refractivity contribution < 1.29 is 14.3 Å². The minimum atomic E-state index is -0.485. The third-order valence-electron chi connectivity index (χ3n) is 4.71. The zero-order valence-corrected chi connectivity index (χ0v) is 15.6. The zero-order valence-electron chi connectivity index (χ0n) is 15.6. The maximum Gasteiger partial charge on any atom is 0.265 e. The van der Waals surface area contributed by atoms with Gasteiger partial charge in [0.05, 0.1) is 11.7 Å². The second kappa shape index (κ2) is 8.22. The van der Waals surface area contributed by atoms with Crippen LogP contribution in [0.15, 0.2) is 48.5 Å². The van der Waals surface area contributed by atoms with E-state index in [1.54, 1.807) is 6.07 Å². The minimum Gasteiger partial charge on any atom is -0.478 e. The topological polar surface area (TPSA) is 93.4 Å². The van der Waals surface area contributed by atoms with Crippen LogP contribution in [0.3, 0.4) is 0 Å². The van der Waals surface area contributed by atoms with E-state index in [4.69, 9.17) is 10.5 Å². The molecule has 0 spiro atoms. The van der Waals surface area contributed by atoms with Crippen LogP contribution in [0.2, 0.25) is 0 Å². The van der Waals surface area contributed by atoms with Crippen molar-refractivity contribution in [3.63, 3.8) is 0 Å². The van der Waals surface area contributed by atoms with Crippen molar-refractivity contribution in [1.82, 2.24) is 5.32 Å². The van der Waals surface area contributed by atoms with E-state index < -0.39 is 6.10 Å². The maximum atomic E-state index is 12.4. The fourth-order valence-corrected chi connectivity index (χ4v) is 3.10. The number of rotatable bonds is 6. The second-order valence-corrected chi connectivity index (χ2v) is 6.77. The molecule has 2 aromatic rings. The van der Waals surface area contributed by atoms with E-state index in [9.17, 15) is 9.59 Å². The van der Waals surface area contributed by atoms with Crippen LogP contribution in [0.4, 0.5) is 5.69 Å². The first kappa shape index (κ1) is 18.9. The lowest BCUT2D eigenvalue weighted by Crippen LogP contribution is -2.36. The van der Waals surface area contributed by atoms with Gasteiger partial charge in [-0.2, -0.15) is 0 Å². The number of hydrogen-bond donors (Lipinski definition) is 3. The Kier molecular flexibility index (Phi) is 5.76. The SMILES string of the molecule is CCC1Oc2cc(C(C)NC(=O)CC(N)c3ccccc3)ccc2NC1=O. The summed E-state index contributed by atoms with van der Waals surface area (Å²) in [6, 6.07) is 14.6. The fourth-order valence-electron chi connectivity index (χ4n) is 3.10. The largest absolute Gasteiger partial charge is 0.478 e. The molecular weight excluding hydrogens is 342 g/mol. The Bertz CT molecular complexity index is 823. The van der Waals surface area contributed by atoms with Crippen molar-refractivity contribution in [2.45, 2.75) is 44.9 Å². The van der Waals surface area contributed by atoms with Crippen LogP contribution in [-0.2, 0) is 9.59 Å². The smallest absolute Gasteiger partial charge is 0.265 e. The molecule has 3 atom stereocenters. The maximum absolute atomic E-state index is 12.4. The van der Waals surface area contributed by atoms with Crippen LogP contribution in [0, 0.1) is 0 Å². The molecule has 2 aromatic carbocycles. The third kappa shape index (κ3) is 4.46. The number of nitrogens with two attached hydrogens (primary N) is 1. The number of carbonyl (C=O) groups is 2. The zero-order chi connectivity index (χ0) is 19.4. The second-order valence-electron chi connectivity index (χ2n) is 6.77. The van der Waals surface area contributed by atoms with Crippen molar-refractivity contribution in [2.75, 3.05) is 5.32 Å². The van der Waals surface area contributed by atoms with Crippen molar-refractivity contribution in [3.05, 3.63) is 59.7 Å². The Morgan fingerprint density at radius 3 is 2.67 bits per heavy atom. The Hall–Kier alpha value is -2.86. The van der Waals surface area contributed by atoms with Gasteiger partial charge < -0.3 is 21.1 Å².